The third-order valence-electron chi connectivity index (χ3n) is 6.07. The Balaban J connectivity index is 1.52. The minimum absolute atomic E-state index is 0.0872. The van der Waals surface area contributed by atoms with Crippen molar-refractivity contribution in [3.63, 3.8) is 0 Å². The average molecular weight is 487 g/mol. The van der Waals surface area contributed by atoms with Gasteiger partial charge in [-0.2, -0.15) is 0 Å². The van der Waals surface area contributed by atoms with Crippen molar-refractivity contribution in [1.82, 2.24) is 15.2 Å². The van der Waals surface area contributed by atoms with Crippen LogP contribution in [0.3, 0.4) is 0 Å². The second-order valence-corrected chi connectivity index (χ2v) is 10.1. The van der Waals surface area contributed by atoms with E-state index >= 15 is 0 Å². The molecule has 2 aromatic heterocycles. The maximum Gasteiger partial charge on any atom is 0.232 e. The van der Waals surface area contributed by atoms with Gasteiger partial charge < -0.3 is 14.8 Å². The number of fused-ring (bicyclic) bond motifs is 2. The van der Waals surface area contributed by atoms with Gasteiger partial charge in [-0.1, -0.05) is 55.5 Å². The third-order valence-corrected chi connectivity index (χ3v) is 6.67. The maximum atomic E-state index is 13.4. The number of pyridine rings is 1. The molecule has 1 N–H and O–H groups in total. The van der Waals surface area contributed by atoms with Crippen molar-refractivity contribution in [3.8, 4) is 28.5 Å². The zero-order valence-corrected chi connectivity index (χ0v) is 20.8. The fourth-order valence-corrected chi connectivity index (χ4v) is 4.85. The van der Waals surface area contributed by atoms with Crippen LogP contribution in [0.2, 0.25) is 0 Å². The van der Waals surface area contributed by atoms with E-state index in [0.717, 1.165) is 33.9 Å². The second kappa shape index (κ2) is 9.11. The van der Waals surface area contributed by atoms with Crippen LogP contribution in [0.5, 0.6) is 17.2 Å². The molecule has 0 bridgehead atoms. The summed E-state index contributed by atoms with van der Waals surface area (Å²) in [6.07, 6.45) is 1.82. The van der Waals surface area contributed by atoms with E-state index in [4.69, 9.17) is 9.47 Å². The zero-order valence-electron chi connectivity index (χ0n) is 20.0. The van der Waals surface area contributed by atoms with Crippen molar-refractivity contribution in [2.75, 3.05) is 5.32 Å². The fourth-order valence-electron chi connectivity index (χ4n) is 4.41. The molecule has 178 valence electrons. The summed E-state index contributed by atoms with van der Waals surface area (Å²) >= 11 is 1.29. The van der Waals surface area contributed by atoms with Crippen molar-refractivity contribution < 1.29 is 14.3 Å². The molecule has 0 fully saturated rings. The summed E-state index contributed by atoms with van der Waals surface area (Å²) < 4.78 is 12.0. The van der Waals surface area contributed by atoms with Gasteiger partial charge in [-0.05, 0) is 38.1 Å². The molecular weight excluding hydrogens is 460 g/mol. The summed E-state index contributed by atoms with van der Waals surface area (Å²) in [4.78, 5) is 18.0. The standard InChI is InChI=1S/C27H26N4O3S/c1-16(2)33-18-10-12-21(28-14-18)17-9-11-20-23(13-17)34-22-8-6-5-7-19(22)24(20)27(3,4)25(32)30-26-31-29-15-35-26/h5-16,24H,1-4H3,(H,30,31,32)/t24-/m0/s1. The summed E-state index contributed by atoms with van der Waals surface area (Å²) in [5, 5.41) is 11.2. The van der Waals surface area contributed by atoms with Crippen LogP contribution in [0, 0.1) is 5.41 Å². The molecule has 8 heteroatoms. The smallest absolute Gasteiger partial charge is 0.232 e. The first kappa shape index (κ1) is 23.0. The lowest BCUT2D eigenvalue weighted by Crippen LogP contribution is -2.38. The Morgan fingerprint density at radius 3 is 2.60 bits per heavy atom. The molecule has 0 unspecified atom stereocenters. The normalized spacial score (nSPS) is 14.6. The van der Waals surface area contributed by atoms with E-state index in [9.17, 15) is 4.79 Å². The number of hydrogen-bond acceptors (Lipinski definition) is 7. The highest BCUT2D eigenvalue weighted by molar-refractivity contribution is 7.13. The molecule has 1 amide bonds. The van der Waals surface area contributed by atoms with E-state index in [1.54, 1.807) is 11.7 Å². The zero-order chi connectivity index (χ0) is 24.6. The highest BCUT2D eigenvalue weighted by Crippen LogP contribution is 2.52. The van der Waals surface area contributed by atoms with Crippen molar-refractivity contribution in [2.24, 2.45) is 5.41 Å². The Labute approximate surface area is 208 Å². The van der Waals surface area contributed by atoms with E-state index < -0.39 is 5.41 Å². The highest BCUT2D eigenvalue weighted by Gasteiger charge is 2.43. The SMILES string of the molecule is CC(C)Oc1ccc(-c2ccc3c(c2)Oc2ccccc2[C@@H]3C(C)(C)C(=O)Nc2nncs2)nc1. The number of nitrogens with one attached hydrogen (secondary N) is 1. The average Bonchev–Trinajstić information content (AvgIpc) is 3.35. The fraction of sp³-hybridized carbons (Fsp3) is 0.259. The van der Waals surface area contributed by atoms with Crippen LogP contribution < -0.4 is 14.8 Å². The largest absolute Gasteiger partial charge is 0.489 e. The van der Waals surface area contributed by atoms with E-state index in [2.05, 4.69) is 20.5 Å². The molecule has 0 saturated heterocycles. The number of anilines is 1. The van der Waals surface area contributed by atoms with Gasteiger partial charge in [-0.15, -0.1) is 10.2 Å². The molecule has 5 rings (SSSR count). The number of benzene rings is 2. The van der Waals surface area contributed by atoms with E-state index in [0.29, 0.717) is 10.9 Å². The summed E-state index contributed by atoms with van der Waals surface area (Å²) in [6, 6.07) is 17.8. The third kappa shape index (κ3) is 4.49. The molecule has 7 nitrogen and oxygen atoms in total. The minimum atomic E-state index is -0.796. The molecule has 0 radical (unpaired) electrons. The summed E-state index contributed by atoms with van der Waals surface area (Å²) in [5.41, 5.74) is 4.46. The van der Waals surface area contributed by atoms with Crippen LogP contribution >= 0.6 is 11.3 Å². The molecule has 4 aromatic rings. The summed E-state index contributed by atoms with van der Waals surface area (Å²) in [7, 11) is 0. The lowest BCUT2D eigenvalue weighted by atomic mass is 9.69. The van der Waals surface area contributed by atoms with Crippen molar-refractivity contribution >= 4 is 22.4 Å². The lowest BCUT2D eigenvalue weighted by Gasteiger charge is -2.38. The Morgan fingerprint density at radius 2 is 1.89 bits per heavy atom. The van der Waals surface area contributed by atoms with Gasteiger partial charge >= 0.3 is 0 Å². The number of hydrogen-bond donors (Lipinski definition) is 1. The van der Waals surface area contributed by atoms with E-state index in [-0.39, 0.29) is 17.9 Å². The minimum Gasteiger partial charge on any atom is -0.489 e. The Bertz CT molecular complexity index is 1350. The molecule has 0 spiro atoms. The first-order chi connectivity index (χ1) is 16.8. The van der Waals surface area contributed by atoms with Crippen LogP contribution in [0.4, 0.5) is 5.13 Å². The molecular formula is C27H26N4O3S. The van der Waals surface area contributed by atoms with Crippen LogP contribution in [-0.4, -0.2) is 27.2 Å². The number of amides is 1. The van der Waals surface area contributed by atoms with Gasteiger partial charge in [-0.25, -0.2) is 0 Å². The molecule has 0 saturated carbocycles. The van der Waals surface area contributed by atoms with Crippen LogP contribution in [0.1, 0.15) is 44.7 Å². The summed E-state index contributed by atoms with van der Waals surface area (Å²) in [6.45, 7) is 7.86. The molecule has 1 atom stereocenters. The van der Waals surface area contributed by atoms with Crippen molar-refractivity contribution in [2.45, 2.75) is 39.7 Å². The monoisotopic (exact) mass is 486 g/mol. The van der Waals surface area contributed by atoms with Gasteiger partial charge in [0.1, 0.15) is 22.8 Å². The Hall–Kier alpha value is -3.78. The van der Waals surface area contributed by atoms with E-state index in [1.165, 1.54) is 11.3 Å². The summed E-state index contributed by atoms with van der Waals surface area (Å²) in [5.74, 6) is 1.84. The van der Waals surface area contributed by atoms with Gasteiger partial charge in [0.2, 0.25) is 11.0 Å². The van der Waals surface area contributed by atoms with Crippen LogP contribution in [0.15, 0.2) is 66.3 Å². The Kier molecular flexibility index (Phi) is 5.98. The number of carbonyl (C=O) groups excluding carboxylic acids is 1. The molecule has 35 heavy (non-hydrogen) atoms. The number of carbonyl (C=O) groups is 1. The molecule has 3 heterocycles. The van der Waals surface area contributed by atoms with Gasteiger partial charge in [0.25, 0.3) is 0 Å². The number of nitrogens with zero attached hydrogens (tertiary/aromatic N) is 3. The molecule has 1 aliphatic rings. The molecule has 2 aromatic carbocycles. The van der Waals surface area contributed by atoms with Crippen molar-refractivity contribution in [1.29, 1.82) is 0 Å². The molecule has 1 aliphatic heterocycles. The first-order valence-electron chi connectivity index (χ1n) is 11.4. The topological polar surface area (TPSA) is 86.2 Å². The highest BCUT2D eigenvalue weighted by atomic mass is 32.1. The number of para-hydroxylation sites is 1. The quantitative estimate of drug-likeness (QED) is 0.345. The van der Waals surface area contributed by atoms with Gasteiger partial charge in [0.05, 0.1) is 23.4 Å². The Morgan fingerprint density at radius 1 is 1.09 bits per heavy atom. The predicted molar refractivity (Wildman–Crippen MR) is 136 cm³/mol. The second-order valence-electron chi connectivity index (χ2n) is 9.29. The predicted octanol–water partition coefficient (Wildman–Crippen LogP) is 6.29. The number of aromatic nitrogens is 3. The van der Waals surface area contributed by atoms with Gasteiger partial charge in [-0.3, -0.25) is 9.78 Å². The number of rotatable bonds is 6. The van der Waals surface area contributed by atoms with Crippen LogP contribution in [0.25, 0.3) is 11.3 Å². The first-order valence-corrected chi connectivity index (χ1v) is 12.3. The van der Waals surface area contributed by atoms with Crippen LogP contribution in [-0.2, 0) is 4.79 Å². The molecule has 0 aliphatic carbocycles. The number of ether oxygens (including phenoxy) is 2. The van der Waals surface area contributed by atoms with Crippen molar-refractivity contribution in [3.05, 3.63) is 77.4 Å². The maximum absolute atomic E-state index is 13.4. The lowest BCUT2D eigenvalue weighted by molar-refractivity contribution is -0.124. The van der Waals surface area contributed by atoms with Gasteiger partial charge in [0.15, 0.2) is 0 Å². The van der Waals surface area contributed by atoms with E-state index in [1.807, 2.05) is 82.3 Å². The van der Waals surface area contributed by atoms with Gasteiger partial charge in [0, 0.05) is 22.6 Å².